The number of halogens is 1. The first-order valence-corrected chi connectivity index (χ1v) is 5.57. The van der Waals surface area contributed by atoms with Crippen molar-refractivity contribution in [2.24, 2.45) is 5.73 Å². The zero-order valence-electron chi connectivity index (χ0n) is 9.59. The van der Waals surface area contributed by atoms with E-state index < -0.39 is 0 Å². The molecule has 1 aromatic rings. The molecule has 0 saturated heterocycles. The van der Waals surface area contributed by atoms with E-state index in [1.165, 1.54) is 0 Å². The number of aliphatic hydroxyl groups excluding tert-OH is 1. The van der Waals surface area contributed by atoms with Gasteiger partial charge in [-0.15, -0.1) is 12.4 Å². The number of fused-ring (bicyclic) bond motifs is 1. The first-order valence-electron chi connectivity index (χ1n) is 5.57. The summed E-state index contributed by atoms with van der Waals surface area (Å²) in [4.78, 5) is 0. The number of ether oxygens (including phenoxy) is 2. The lowest BCUT2D eigenvalue weighted by molar-refractivity contribution is 0.171. The molecule has 0 saturated carbocycles. The molecule has 1 aliphatic heterocycles. The van der Waals surface area contributed by atoms with Gasteiger partial charge < -0.3 is 20.3 Å². The average molecular weight is 260 g/mol. The second kappa shape index (κ2) is 6.69. The molecular formula is C12H18ClNO3. The van der Waals surface area contributed by atoms with E-state index in [1.807, 2.05) is 18.2 Å². The number of hydrogen-bond acceptors (Lipinski definition) is 4. The van der Waals surface area contributed by atoms with Crippen molar-refractivity contribution in [2.75, 3.05) is 19.8 Å². The van der Waals surface area contributed by atoms with E-state index in [0.717, 1.165) is 29.9 Å². The van der Waals surface area contributed by atoms with Crippen LogP contribution in [0.5, 0.6) is 11.5 Å². The first kappa shape index (κ1) is 14.1. The molecule has 4 nitrogen and oxygen atoms in total. The molecule has 0 radical (unpaired) electrons. The van der Waals surface area contributed by atoms with Gasteiger partial charge in [0.1, 0.15) is 13.2 Å². The zero-order chi connectivity index (χ0) is 11.4. The molecule has 96 valence electrons. The van der Waals surface area contributed by atoms with Gasteiger partial charge >= 0.3 is 0 Å². The molecule has 0 spiro atoms. The van der Waals surface area contributed by atoms with Crippen molar-refractivity contribution in [3.63, 3.8) is 0 Å². The zero-order valence-corrected chi connectivity index (χ0v) is 10.4. The molecule has 0 bridgehead atoms. The van der Waals surface area contributed by atoms with Crippen LogP contribution in [0.4, 0.5) is 0 Å². The van der Waals surface area contributed by atoms with Gasteiger partial charge in [-0.25, -0.2) is 0 Å². The largest absolute Gasteiger partial charge is 0.486 e. The Kier molecular flexibility index (Phi) is 5.55. The van der Waals surface area contributed by atoms with Gasteiger partial charge in [-0.2, -0.15) is 0 Å². The van der Waals surface area contributed by atoms with Crippen LogP contribution in [0, 0.1) is 0 Å². The van der Waals surface area contributed by atoms with Crippen molar-refractivity contribution < 1.29 is 14.6 Å². The lowest BCUT2D eigenvalue weighted by Gasteiger charge is -2.20. The Hall–Kier alpha value is -0.970. The van der Waals surface area contributed by atoms with E-state index in [4.69, 9.17) is 20.3 Å². The maximum atomic E-state index is 8.75. The maximum absolute atomic E-state index is 8.75. The summed E-state index contributed by atoms with van der Waals surface area (Å²) in [6.07, 6.45) is 1.49. The van der Waals surface area contributed by atoms with Crippen molar-refractivity contribution >= 4 is 12.4 Å². The molecule has 0 amide bonds. The van der Waals surface area contributed by atoms with Crippen molar-refractivity contribution in [1.82, 2.24) is 0 Å². The summed E-state index contributed by atoms with van der Waals surface area (Å²) in [6, 6.07) is 5.72. The molecular weight excluding hydrogens is 242 g/mol. The predicted octanol–water partition coefficient (Wildman–Crippen LogP) is 1.65. The SMILES string of the molecule is Cl.N[C@@H](CCCO)c1ccc2c(c1)OCCO2. The van der Waals surface area contributed by atoms with E-state index in [1.54, 1.807) is 0 Å². The van der Waals surface area contributed by atoms with Gasteiger partial charge in [0.15, 0.2) is 11.5 Å². The molecule has 1 atom stereocenters. The highest BCUT2D eigenvalue weighted by atomic mass is 35.5. The fourth-order valence-electron chi connectivity index (χ4n) is 1.77. The summed E-state index contributed by atoms with van der Waals surface area (Å²) in [5.74, 6) is 1.55. The lowest BCUT2D eigenvalue weighted by Crippen LogP contribution is -2.16. The lowest BCUT2D eigenvalue weighted by atomic mass is 10.0. The fraction of sp³-hybridized carbons (Fsp3) is 0.500. The normalized spacial score (nSPS) is 14.9. The van der Waals surface area contributed by atoms with Gasteiger partial charge in [0.25, 0.3) is 0 Å². The Morgan fingerprint density at radius 3 is 2.65 bits per heavy atom. The summed E-state index contributed by atoms with van der Waals surface area (Å²) < 4.78 is 10.9. The van der Waals surface area contributed by atoms with Crippen LogP contribution in [-0.4, -0.2) is 24.9 Å². The van der Waals surface area contributed by atoms with Gasteiger partial charge in [-0.3, -0.25) is 0 Å². The third kappa shape index (κ3) is 3.49. The second-order valence-electron chi connectivity index (χ2n) is 3.88. The number of rotatable bonds is 4. The molecule has 1 aliphatic rings. The van der Waals surface area contributed by atoms with E-state index in [0.29, 0.717) is 13.2 Å². The number of benzene rings is 1. The molecule has 17 heavy (non-hydrogen) atoms. The fourth-order valence-corrected chi connectivity index (χ4v) is 1.77. The third-order valence-corrected chi connectivity index (χ3v) is 2.67. The van der Waals surface area contributed by atoms with Gasteiger partial charge in [-0.05, 0) is 30.5 Å². The average Bonchev–Trinajstić information content (AvgIpc) is 2.35. The molecule has 1 heterocycles. The Labute approximate surface area is 107 Å². The molecule has 0 fully saturated rings. The van der Waals surface area contributed by atoms with E-state index in [9.17, 15) is 0 Å². The molecule has 1 aromatic carbocycles. The van der Waals surface area contributed by atoms with Crippen LogP contribution in [-0.2, 0) is 0 Å². The van der Waals surface area contributed by atoms with Crippen molar-refractivity contribution in [1.29, 1.82) is 0 Å². The maximum Gasteiger partial charge on any atom is 0.161 e. The Morgan fingerprint density at radius 2 is 1.94 bits per heavy atom. The first-order chi connectivity index (χ1) is 7.81. The minimum atomic E-state index is -0.0528. The van der Waals surface area contributed by atoms with Crippen molar-refractivity contribution in [2.45, 2.75) is 18.9 Å². The second-order valence-corrected chi connectivity index (χ2v) is 3.88. The van der Waals surface area contributed by atoms with E-state index >= 15 is 0 Å². The van der Waals surface area contributed by atoms with Crippen LogP contribution in [0.2, 0.25) is 0 Å². The van der Waals surface area contributed by atoms with Crippen molar-refractivity contribution in [3.8, 4) is 11.5 Å². The molecule has 0 aromatic heterocycles. The van der Waals surface area contributed by atoms with Crippen LogP contribution in [0.3, 0.4) is 0 Å². The van der Waals surface area contributed by atoms with E-state index in [2.05, 4.69) is 0 Å². The van der Waals surface area contributed by atoms with Gasteiger partial charge in [0, 0.05) is 12.6 Å². The highest BCUT2D eigenvalue weighted by Gasteiger charge is 2.14. The highest BCUT2D eigenvalue weighted by Crippen LogP contribution is 2.32. The summed E-state index contributed by atoms with van der Waals surface area (Å²) in [6.45, 7) is 1.36. The van der Waals surface area contributed by atoms with Crippen LogP contribution in [0.1, 0.15) is 24.4 Å². The third-order valence-electron chi connectivity index (χ3n) is 2.67. The van der Waals surface area contributed by atoms with E-state index in [-0.39, 0.29) is 25.1 Å². The monoisotopic (exact) mass is 259 g/mol. The molecule has 0 unspecified atom stereocenters. The van der Waals surface area contributed by atoms with Gasteiger partial charge in [0.05, 0.1) is 0 Å². The van der Waals surface area contributed by atoms with Crippen LogP contribution < -0.4 is 15.2 Å². The summed E-state index contributed by atoms with van der Waals surface area (Å²) in [5.41, 5.74) is 7.03. The summed E-state index contributed by atoms with van der Waals surface area (Å²) >= 11 is 0. The number of aliphatic hydroxyl groups is 1. The quantitative estimate of drug-likeness (QED) is 0.863. The summed E-state index contributed by atoms with van der Waals surface area (Å²) in [5, 5.41) is 8.75. The van der Waals surface area contributed by atoms with Gasteiger partial charge in [0.2, 0.25) is 0 Å². The topological polar surface area (TPSA) is 64.7 Å². The Balaban J connectivity index is 0.00000144. The molecule has 5 heteroatoms. The predicted molar refractivity (Wildman–Crippen MR) is 67.9 cm³/mol. The molecule has 3 N–H and O–H groups in total. The van der Waals surface area contributed by atoms with Crippen molar-refractivity contribution in [3.05, 3.63) is 23.8 Å². The minimum Gasteiger partial charge on any atom is -0.486 e. The van der Waals surface area contributed by atoms with Crippen LogP contribution >= 0.6 is 12.4 Å². The molecule has 0 aliphatic carbocycles. The number of hydrogen-bond donors (Lipinski definition) is 2. The minimum absolute atomic E-state index is 0. The highest BCUT2D eigenvalue weighted by molar-refractivity contribution is 5.85. The standard InChI is InChI=1S/C12H17NO3.ClH/c13-10(2-1-5-14)9-3-4-11-12(8-9)16-7-6-15-11;/h3-4,8,10,14H,1-2,5-7,13H2;1H/t10-;/m0./s1. The summed E-state index contributed by atoms with van der Waals surface area (Å²) in [7, 11) is 0. The molecule has 2 rings (SSSR count). The van der Waals surface area contributed by atoms with Gasteiger partial charge in [-0.1, -0.05) is 6.07 Å². The Bertz CT molecular complexity index is 360. The number of nitrogens with two attached hydrogens (primary N) is 1. The van der Waals surface area contributed by atoms with Crippen LogP contribution in [0.15, 0.2) is 18.2 Å². The smallest absolute Gasteiger partial charge is 0.161 e. The Morgan fingerprint density at radius 1 is 1.24 bits per heavy atom. The van der Waals surface area contributed by atoms with Crippen LogP contribution in [0.25, 0.3) is 0 Å².